The number of nitrogens with zero attached hydrogens (tertiary/aromatic N) is 3. The van der Waals surface area contributed by atoms with Gasteiger partial charge >= 0.3 is 0 Å². The summed E-state index contributed by atoms with van der Waals surface area (Å²) in [7, 11) is 0. The predicted molar refractivity (Wildman–Crippen MR) is 42.9 cm³/mol. The maximum Gasteiger partial charge on any atom is 0.265 e. The van der Waals surface area contributed by atoms with Crippen molar-refractivity contribution in [1.29, 1.82) is 0 Å². The first kappa shape index (κ1) is 7.66. The average molecular weight is 178 g/mol. The smallest absolute Gasteiger partial charge is 0.265 e. The van der Waals surface area contributed by atoms with Crippen LogP contribution in [0, 0.1) is 6.92 Å². The van der Waals surface area contributed by atoms with Crippen LogP contribution in [0.4, 0.5) is 0 Å². The van der Waals surface area contributed by atoms with Crippen molar-refractivity contribution < 1.29 is 4.52 Å². The Bertz CT molecular complexity index is 473. The number of hydrogen-bond donors (Lipinski definition) is 1. The molecule has 6 heteroatoms. The van der Waals surface area contributed by atoms with Gasteiger partial charge in [0.25, 0.3) is 11.4 Å². The number of aromatic nitrogens is 4. The third-order valence-corrected chi connectivity index (χ3v) is 1.48. The summed E-state index contributed by atoms with van der Waals surface area (Å²) in [6.45, 7) is 1.68. The van der Waals surface area contributed by atoms with Gasteiger partial charge in [-0.3, -0.25) is 4.79 Å². The minimum atomic E-state index is -0.293. The van der Waals surface area contributed by atoms with E-state index in [-0.39, 0.29) is 17.0 Å². The molecule has 0 saturated carbocycles. The molecule has 2 heterocycles. The van der Waals surface area contributed by atoms with Crippen LogP contribution in [0.25, 0.3) is 11.5 Å². The lowest BCUT2D eigenvalue weighted by Gasteiger charge is -1.88. The summed E-state index contributed by atoms with van der Waals surface area (Å²) >= 11 is 0. The second-order valence-corrected chi connectivity index (χ2v) is 2.44. The molecule has 0 unspecified atom stereocenters. The van der Waals surface area contributed by atoms with Crippen molar-refractivity contribution in [3.05, 3.63) is 28.7 Å². The summed E-state index contributed by atoms with van der Waals surface area (Å²) in [5.74, 6) is 0.671. The van der Waals surface area contributed by atoms with Crippen LogP contribution in [0.3, 0.4) is 0 Å². The van der Waals surface area contributed by atoms with Gasteiger partial charge in [-0.25, -0.2) is 4.98 Å². The molecule has 2 rings (SSSR count). The Morgan fingerprint density at radius 3 is 3.00 bits per heavy atom. The van der Waals surface area contributed by atoms with E-state index in [2.05, 4.69) is 20.1 Å². The van der Waals surface area contributed by atoms with E-state index in [1.165, 1.54) is 12.5 Å². The van der Waals surface area contributed by atoms with Gasteiger partial charge in [0.05, 0.1) is 6.33 Å². The Balaban J connectivity index is 2.59. The Hall–Kier alpha value is -1.98. The molecule has 0 spiro atoms. The topological polar surface area (TPSA) is 84.7 Å². The first-order chi connectivity index (χ1) is 6.27. The van der Waals surface area contributed by atoms with Crippen molar-refractivity contribution in [2.24, 2.45) is 0 Å². The molecule has 2 aromatic heterocycles. The van der Waals surface area contributed by atoms with E-state index in [9.17, 15) is 4.79 Å². The molecule has 66 valence electrons. The van der Waals surface area contributed by atoms with Crippen LogP contribution >= 0.6 is 0 Å². The summed E-state index contributed by atoms with van der Waals surface area (Å²) in [5.41, 5.74) is -0.0123. The fraction of sp³-hybridized carbons (Fsp3) is 0.143. The first-order valence-electron chi connectivity index (χ1n) is 3.61. The first-order valence-corrected chi connectivity index (χ1v) is 3.61. The molecule has 6 nitrogen and oxygen atoms in total. The van der Waals surface area contributed by atoms with Crippen LogP contribution in [-0.4, -0.2) is 20.1 Å². The Labute approximate surface area is 72.6 Å². The minimum Gasteiger partial charge on any atom is -0.334 e. The van der Waals surface area contributed by atoms with Gasteiger partial charge in [-0.15, -0.1) is 0 Å². The third-order valence-electron chi connectivity index (χ3n) is 1.48. The molecule has 0 saturated heterocycles. The molecular weight excluding hydrogens is 172 g/mol. The molecule has 0 aliphatic carbocycles. The molecule has 1 N–H and O–H groups in total. The number of rotatable bonds is 1. The van der Waals surface area contributed by atoms with E-state index in [1.807, 2.05) is 0 Å². The fourth-order valence-corrected chi connectivity index (χ4v) is 0.903. The van der Waals surface area contributed by atoms with E-state index in [0.29, 0.717) is 5.82 Å². The van der Waals surface area contributed by atoms with Crippen molar-refractivity contribution in [1.82, 2.24) is 20.1 Å². The summed E-state index contributed by atoms with van der Waals surface area (Å²) in [4.78, 5) is 21.3. The quantitative estimate of drug-likeness (QED) is 0.670. The van der Waals surface area contributed by atoms with Crippen molar-refractivity contribution in [3.8, 4) is 11.5 Å². The normalized spacial score (nSPS) is 10.2. The van der Waals surface area contributed by atoms with Crippen LogP contribution in [0.15, 0.2) is 21.8 Å². The van der Waals surface area contributed by atoms with Gasteiger partial charge in [0, 0.05) is 6.20 Å². The molecule has 13 heavy (non-hydrogen) atoms. The SMILES string of the molecule is Cc1noc(-c2cnc[nH]c2=O)n1. The zero-order chi connectivity index (χ0) is 9.26. The highest BCUT2D eigenvalue weighted by Crippen LogP contribution is 2.09. The van der Waals surface area contributed by atoms with Crippen LogP contribution in [0.2, 0.25) is 0 Å². The minimum absolute atomic E-state index is 0.187. The summed E-state index contributed by atoms with van der Waals surface area (Å²) < 4.78 is 4.81. The van der Waals surface area contributed by atoms with Gasteiger partial charge in [0.15, 0.2) is 5.82 Å². The lowest BCUT2D eigenvalue weighted by molar-refractivity contribution is 0.425. The van der Waals surface area contributed by atoms with Crippen molar-refractivity contribution >= 4 is 0 Å². The molecule has 0 fully saturated rings. The second kappa shape index (κ2) is 2.81. The Morgan fingerprint density at radius 2 is 2.38 bits per heavy atom. The molecule has 2 aromatic rings. The number of H-pyrrole nitrogens is 1. The molecule has 0 radical (unpaired) electrons. The molecule has 0 aliphatic heterocycles. The van der Waals surface area contributed by atoms with Crippen molar-refractivity contribution in [3.63, 3.8) is 0 Å². The van der Waals surface area contributed by atoms with Crippen molar-refractivity contribution in [2.75, 3.05) is 0 Å². The number of aryl methyl sites for hydroxylation is 1. The zero-order valence-electron chi connectivity index (χ0n) is 6.81. The number of aromatic amines is 1. The maximum atomic E-state index is 11.2. The lowest BCUT2D eigenvalue weighted by Crippen LogP contribution is -2.08. The highest BCUT2D eigenvalue weighted by molar-refractivity contribution is 5.48. The largest absolute Gasteiger partial charge is 0.334 e. The van der Waals surface area contributed by atoms with Gasteiger partial charge in [0.2, 0.25) is 0 Å². The third kappa shape index (κ3) is 1.33. The number of hydrogen-bond acceptors (Lipinski definition) is 5. The summed E-state index contributed by atoms with van der Waals surface area (Å²) in [6, 6.07) is 0. The molecule has 0 atom stereocenters. The van der Waals surface area contributed by atoms with Gasteiger partial charge in [-0.05, 0) is 6.92 Å². The molecule has 0 aliphatic rings. The zero-order valence-corrected chi connectivity index (χ0v) is 6.81. The van der Waals surface area contributed by atoms with E-state index >= 15 is 0 Å². The summed E-state index contributed by atoms with van der Waals surface area (Å²) in [5, 5.41) is 3.57. The summed E-state index contributed by atoms with van der Waals surface area (Å²) in [6.07, 6.45) is 2.68. The van der Waals surface area contributed by atoms with Crippen LogP contribution in [0.5, 0.6) is 0 Å². The lowest BCUT2D eigenvalue weighted by atomic mass is 10.3. The van der Waals surface area contributed by atoms with E-state index < -0.39 is 0 Å². The van der Waals surface area contributed by atoms with Crippen LogP contribution < -0.4 is 5.56 Å². The van der Waals surface area contributed by atoms with Gasteiger partial charge in [-0.1, -0.05) is 5.16 Å². The molecular formula is C7H6N4O2. The monoisotopic (exact) mass is 178 g/mol. The maximum absolute atomic E-state index is 11.2. The highest BCUT2D eigenvalue weighted by Gasteiger charge is 2.09. The molecule has 0 bridgehead atoms. The highest BCUT2D eigenvalue weighted by atomic mass is 16.5. The van der Waals surface area contributed by atoms with Crippen molar-refractivity contribution in [2.45, 2.75) is 6.92 Å². The van der Waals surface area contributed by atoms with Gasteiger partial charge < -0.3 is 9.51 Å². The van der Waals surface area contributed by atoms with Crippen LogP contribution in [0.1, 0.15) is 5.82 Å². The molecule has 0 amide bonds. The molecule has 0 aromatic carbocycles. The van der Waals surface area contributed by atoms with Crippen LogP contribution in [-0.2, 0) is 0 Å². The van der Waals surface area contributed by atoms with Gasteiger partial charge in [0.1, 0.15) is 5.56 Å². The second-order valence-electron chi connectivity index (χ2n) is 2.44. The van der Waals surface area contributed by atoms with E-state index in [4.69, 9.17) is 4.52 Å². The van der Waals surface area contributed by atoms with Gasteiger partial charge in [-0.2, -0.15) is 4.98 Å². The standard InChI is InChI=1S/C7H6N4O2/c1-4-10-7(13-11-4)5-2-8-3-9-6(5)12/h2-3H,1H3,(H,8,9,12). The number of nitrogens with one attached hydrogen (secondary N) is 1. The average Bonchev–Trinajstić information content (AvgIpc) is 2.53. The van der Waals surface area contributed by atoms with E-state index in [0.717, 1.165) is 0 Å². The Kier molecular flexibility index (Phi) is 1.66. The van der Waals surface area contributed by atoms with E-state index in [1.54, 1.807) is 6.92 Å². The fourth-order valence-electron chi connectivity index (χ4n) is 0.903. The predicted octanol–water partition coefficient (Wildman–Crippen LogP) is 0.128. The Morgan fingerprint density at radius 1 is 1.54 bits per heavy atom.